The van der Waals surface area contributed by atoms with Crippen LogP contribution >= 0.6 is 45.2 Å². The van der Waals surface area contributed by atoms with E-state index < -0.39 is 0 Å². The van der Waals surface area contributed by atoms with Gasteiger partial charge in [0, 0.05) is 60.4 Å². The van der Waals surface area contributed by atoms with Crippen molar-refractivity contribution in [3.63, 3.8) is 0 Å². The molecule has 0 aromatic heterocycles. The molecule has 5 aromatic rings. The summed E-state index contributed by atoms with van der Waals surface area (Å²) in [5.41, 5.74) is 13.2. The van der Waals surface area contributed by atoms with Crippen molar-refractivity contribution in [3.8, 4) is 0 Å². The summed E-state index contributed by atoms with van der Waals surface area (Å²) in [6, 6.07) is 40.2. The number of quaternary nitrogens is 1. The second kappa shape index (κ2) is 11.5. The van der Waals surface area contributed by atoms with Gasteiger partial charge in [0.25, 0.3) is 0 Å². The van der Waals surface area contributed by atoms with Crippen molar-refractivity contribution in [2.24, 2.45) is 0 Å². The van der Waals surface area contributed by atoms with Gasteiger partial charge in [-0.1, -0.05) is 30.3 Å². The molecule has 0 amide bonds. The molecule has 0 saturated heterocycles. The van der Waals surface area contributed by atoms with Gasteiger partial charge in [-0.15, -0.1) is 0 Å². The number of hydrogen-bond donors (Lipinski definition) is 3. The molecule has 5 rings (SSSR count). The van der Waals surface area contributed by atoms with E-state index in [1.54, 1.807) is 6.07 Å². The van der Waals surface area contributed by atoms with Crippen LogP contribution < -0.4 is 16.0 Å². The topological polar surface area (TPSA) is 59.6 Å². The van der Waals surface area contributed by atoms with Gasteiger partial charge < -0.3 is 11.1 Å². The highest BCUT2D eigenvalue weighted by molar-refractivity contribution is 14.1. The minimum atomic E-state index is -0.0440. The van der Waals surface area contributed by atoms with Gasteiger partial charge in [-0.05, 0) is 99.8 Å². The van der Waals surface area contributed by atoms with E-state index in [0.29, 0.717) is 16.8 Å². The Morgan fingerprint density at radius 1 is 0.622 bits per heavy atom. The molecule has 0 spiro atoms. The molecule has 0 aliphatic carbocycles. The Hall–Kier alpha value is -3.21. The van der Waals surface area contributed by atoms with Crippen LogP contribution in [0.4, 0.5) is 34.1 Å². The fourth-order valence-electron chi connectivity index (χ4n) is 4.18. The van der Waals surface area contributed by atoms with E-state index in [-0.39, 0.29) is 5.78 Å². The Labute approximate surface area is 243 Å². The Morgan fingerprint density at radius 2 is 1.14 bits per heavy atom. The van der Waals surface area contributed by atoms with Gasteiger partial charge in [0.15, 0.2) is 5.78 Å². The largest absolute Gasteiger partial charge is 0.397 e. The normalized spacial score (nSPS) is 10.9. The molecule has 5 aromatic carbocycles. The summed E-state index contributed by atoms with van der Waals surface area (Å²) in [6.45, 7) is 0. The molecule has 0 heterocycles. The van der Waals surface area contributed by atoms with E-state index in [1.165, 1.54) is 23.4 Å². The van der Waals surface area contributed by atoms with Crippen LogP contribution in [0.5, 0.6) is 0 Å². The lowest BCUT2D eigenvalue weighted by atomic mass is 10.0. The molecule has 6 heteroatoms. The molecule has 4 nitrogen and oxygen atoms in total. The van der Waals surface area contributed by atoms with E-state index in [9.17, 15) is 4.79 Å². The third-order valence-corrected chi connectivity index (χ3v) is 7.51. The zero-order valence-corrected chi connectivity index (χ0v) is 24.1. The minimum absolute atomic E-state index is 0.0440. The molecule has 182 valence electrons. The highest BCUT2D eigenvalue weighted by atomic mass is 127. The van der Waals surface area contributed by atoms with Gasteiger partial charge in [0.1, 0.15) is 17.1 Å². The van der Waals surface area contributed by atoms with Crippen molar-refractivity contribution < 1.29 is 9.69 Å². The summed E-state index contributed by atoms with van der Waals surface area (Å²) in [6.07, 6.45) is 0. The number of anilines is 3. The summed E-state index contributed by atoms with van der Waals surface area (Å²) < 4.78 is 2.41. The molecule has 0 fully saturated rings. The molecule has 0 aliphatic rings. The Bertz CT molecular complexity index is 1470. The first-order valence-corrected chi connectivity index (χ1v) is 13.9. The van der Waals surface area contributed by atoms with Crippen LogP contribution in [0, 0.1) is 7.14 Å². The number of nitrogens with one attached hydrogen (secondary N) is 2. The minimum Gasteiger partial charge on any atom is -0.397 e. The summed E-state index contributed by atoms with van der Waals surface area (Å²) in [5.74, 6) is -0.0440. The van der Waals surface area contributed by atoms with Gasteiger partial charge in [-0.2, -0.15) is 0 Å². The predicted octanol–water partition coefficient (Wildman–Crippen LogP) is 7.63. The SMILES string of the molecule is Nc1cc(C(=O)c2ccccc2)ccc1Nc1ccc([NH+](c2ccc(I)cc2)c2ccc(I)cc2)cc1. The quantitative estimate of drug-likeness (QED) is 0.0927. The van der Waals surface area contributed by atoms with E-state index in [1.807, 2.05) is 42.5 Å². The third-order valence-electron chi connectivity index (χ3n) is 6.07. The Balaban J connectivity index is 1.39. The van der Waals surface area contributed by atoms with Gasteiger partial charge in [-0.25, -0.2) is 4.90 Å². The zero-order valence-electron chi connectivity index (χ0n) is 19.8. The van der Waals surface area contributed by atoms with E-state index in [0.717, 1.165) is 17.1 Å². The maximum absolute atomic E-state index is 12.8. The number of nitrogens with two attached hydrogens (primary N) is 1. The molecule has 0 atom stereocenters. The van der Waals surface area contributed by atoms with E-state index in [2.05, 4.69) is 123 Å². The van der Waals surface area contributed by atoms with Gasteiger partial charge in [0.05, 0.1) is 11.4 Å². The van der Waals surface area contributed by atoms with Crippen molar-refractivity contribution in [1.82, 2.24) is 0 Å². The van der Waals surface area contributed by atoms with Crippen LogP contribution in [0.1, 0.15) is 15.9 Å². The van der Waals surface area contributed by atoms with Gasteiger partial charge >= 0.3 is 0 Å². The smallest absolute Gasteiger partial charge is 0.193 e. The van der Waals surface area contributed by atoms with Gasteiger partial charge in [-0.3, -0.25) is 4.79 Å². The molecular weight excluding hydrogens is 684 g/mol. The number of rotatable bonds is 7. The lowest BCUT2D eigenvalue weighted by Crippen LogP contribution is -2.96. The number of carbonyl (C=O) groups excluding carboxylic acids is 1. The molecule has 0 bridgehead atoms. The lowest BCUT2D eigenvalue weighted by Gasteiger charge is -2.19. The number of halogens is 2. The fraction of sp³-hybridized carbons (Fsp3) is 0. The molecule has 0 aliphatic heterocycles. The molecule has 0 radical (unpaired) electrons. The van der Waals surface area contributed by atoms with Crippen LogP contribution in [0.25, 0.3) is 0 Å². The third kappa shape index (κ3) is 6.03. The average Bonchev–Trinajstić information content (AvgIpc) is 2.93. The van der Waals surface area contributed by atoms with Crippen molar-refractivity contribution in [3.05, 3.63) is 140 Å². The predicted molar refractivity (Wildman–Crippen MR) is 169 cm³/mol. The highest BCUT2D eigenvalue weighted by Crippen LogP contribution is 2.27. The molecule has 0 saturated carbocycles. The molecular formula is C31H24I2N3O+. The number of benzene rings is 5. The summed E-state index contributed by atoms with van der Waals surface area (Å²) >= 11 is 4.66. The second-order valence-corrected chi connectivity index (χ2v) is 11.1. The lowest BCUT2D eigenvalue weighted by molar-refractivity contribution is -0.681. The average molecular weight is 708 g/mol. The number of ketones is 1. The Kier molecular flexibility index (Phi) is 7.87. The standard InChI is InChI=1S/C31H23I2N3O/c32-23-7-13-26(14-8-23)36(27-15-9-24(33)10-16-27)28-17-11-25(12-18-28)35-30-19-6-22(20-29(30)34)31(37)21-4-2-1-3-5-21/h1-20,35H,34H2/p+1. The monoisotopic (exact) mass is 708 g/mol. The van der Waals surface area contributed by atoms with Crippen molar-refractivity contribution in [1.29, 1.82) is 0 Å². The fourth-order valence-corrected chi connectivity index (χ4v) is 4.90. The number of hydrogen-bond acceptors (Lipinski definition) is 3. The molecule has 4 N–H and O–H groups in total. The second-order valence-electron chi connectivity index (χ2n) is 8.59. The van der Waals surface area contributed by atoms with Crippen molar-refractivity contribution in [2.45, 2.75) is 0 Å². The van der Waals surface area contributed by atoms with Crippen molar-refractivity contribution >= 4 is 85.1 Å². The summed E-state index contributed by atoms with van der Waals surface area (Å²) in [4.78, 5) is 13.9. The Morgan fingerprint density at radius 3 is 1.65 bits per heavy atom. The van der Waals surface area contributed by atoms with Crippen LogP contribution in [0.3, 0.4) is 0 Å². The first-order valence-electron chi connectivity index (χ1n) is 11.7. The molecule has 0 unspecified atom stereocenters. The number of nitrogen functional groups attached to an aromatic ring is 1. The van der Waals surface area contributed by atoms with E-state index >= 15 is 0 Å². The van der Waals surface area contributed by atoms with E-state index in [4.69, 9.17) is 5.73 Å². The highest BCUT2D eigenvalue weighted by Gasteiger charge is 2.19. The van der Waals surface area contributed by atoms with Crippen LogP contribution in [0.2, 0.25) is 0 Å². The maximum atomic E-state index is 12.8. The van der Waals surface area contributed by atoms with Crippen LogP contribution in [-0.4, -0.2) is 5.78 Å². The van der Waals surface area contributed by atoms with Crippen molar-refractivity contribution in [2.75, 3.05) is 11.1 Å². The first kappa shape index (κ1) is 25.4. The number of carbonyl (C=O) groups is 1. The maximum Gasteiger partial charge on any atom is 0.193 e. The van der Waals surface area contributed by atoms with Crippen LogP contribution in [0.15, 0.2) is 121 Å². The van der Waals surface area contributed by atoms with Crippen LogP contribution in [-0.2, 0) is 0 Å². The summed E-state index contributed by atoms with van der Waals surface area (Å²) in [5, 5.41) is 3.39. The molecule has 37 heavy (non-hydrogen) atoms. The van der Waals surface area contributed by atoms with Gasteiger partial charge in [0.2, 0.25) is 0 Å². The summed E-state index contributed by atoms with van der Waals surface area (Å²) in [7, 11) is 0. The first-order chi connectivity index (χ1) is 18.0. The zero-order chi connectivity index (χ0) is 25.8.